The lowest BCUT2D eigenvalue weighted by Gasteiger charge is -2.16. The van der Waals surface area contributed by atoms with Gasteiger partial charge in [-0.05, 0) is 50.5 Å². The van der Waals surface area contributed by atoms with Crippen molar-refractivity contribution in [2.45, 2.75) is 52.7 Å². The van der Waals surface area contributed by atoms with Crippen molar-refractivity contribution in [3.63, 3.8) is 0 Å². The average molecular weight is 418 g/mol. The van der Waals surface area contributed by atoms with Crippen LogP contribution < -0.4 is 16.2 Å². The van der Waals surface area contributed by atoms with Crippen molar-refractivity contribution in [2.75, 3.05) is 5.32 Å². The van der Waals surface area contributed by atoms with Crippen LogP contribution in [0.1, 0.15) is 46.2 Å². The summed E-state index contributed by atoms with van der Waals surface area (Å²) in [7, 11) is 0. The molecule has 1 aromatic carbocycles. The zero-order valence-electron chi connectivity index (χ0n) is 18.1. The zero-order chi connectivity index (χ0) is 22.0. The van der Waals surface area contributed by atoms with E-state index in [0.717, 1.165) is 16.8 Å². The molecule has 7 nitrogen and oxygen atoms in total. The highest BCUT2D eigenvalue weighted by Gasteiger charge is 2.30. The first kappa shape index (κ1) is 20.8. The number of rotatable bonds is 6. The molecule has 1 aliphatic heterocycles. The van der Waals surface area contributed by atoms with Gasteiger partial charge in [-0.1, -0.05) is 29.3 Å². The van der Waals surface area contributed by atoms with Gasteiger partial charge in [0.1, 0.15) is 17.6 Å². The smallest absolute Gasteiger partial charge is 0.277 e. The van der Waals surface area contributed by atoms with Crippen LogP contribution in [0.3, 0.4) is 0 Å². The SMILES string of the molecule is Cc1cc(C)cc(CNc2cnc3n(c2=O)[C@H](C(=O)NCc2ccnc(C)c2)CC3)c1. The Hall–Kier alpha value is -3.48. The number of anilines is 1. The highest BCUT2D eigenvalue weighted by molar-refractivity contribution is 5.80. The maximum absolute atomic E-state index is 13.1. The van der Waals surface area contributed by atoms with E-state index in [1.165, 1.54) is 15.7 Å². The van der Waals surface area contributed by atoms with Crippen molar-refractivity contribution in [1.29, 1.82) is 0 Å². The lowest BCUT2D eigenvalue weighted by atomic mass is 10.1. The van der Waals surface area contributed by atoms with Gasteiger partial charge in [0.15, 0.2) is 0 Å². The molecule has 2 N–H and O–H groups in total. The van der Waals surface area contributed by atoms with Crippen molar-refractivity contribution in [3.05, 3.63) is 86.9 Å². The summed E-state index contributed by atoms with van der Waals surface area (Å²) in [4.78, 5) is 34.6. The molecule has 2 aromatic heterocycles. The minimum Gasteiger partial charge on any atom is -0.375 e. The second-order valence-electron chi connectivity index (χ2n) is 8.19. The van der Waals surface area contributed by atoms with Crippen molar-refractivity contribution in [2.24, 2.45) is 0 Å². The van der Waals surface area contributed by atoms with E-state index in [1.54, 1.807) is 12.4 Å². The highest BCUT2D eigenvalue weighted by Crippen LogP contribution is 2.23. The molecule has 0 unspecified atom stereocenters. The van der Waals surface area contributed by atoms with Gasteiger partial charge in [-0.15, -0.1) is 0 Å². The second kappa shape index (κ2) is 8.71. The summed E-state index contributed by atoms with van der Waals surface area (Å²) >= 11 is 0. The molecule has 1 amide bonds. The van der Waals surface area contributed by atoms with Crippen LogP contribution in [0.2, 0.25) is 0 Å². The van der Waals surface area contributed by atoms with Crippen LogP contribution >= 0.6 is 0 Å². The van der Waals surface area contributed by atoms with Gasteiger partial charge in [-0.3, -0.25) is 19.1 Å². The Labute approximate surface area is 181 Å². The first-order valence-electron chi connectivity index (χ1n) is 10.5. The molecule has 0 fully saturated rings. The molecule has 1 atom stereocenters. The van der Waals surface area contributed by atoms with Crippen LogP contribution in [-0.2, 0) is 24.3 Å². The fourth-order valence-corrected chi connectivity index (χ4v) is 4.16. The number of carbonyl (C=O) groups excluding carboxylic acids is 1. The minimum absolute atomic E-state index is 0.163. The number of pyridine rings is 1. The summed E-state index contributed by atoms with van der Waals surface area (Å²) in [6.45, 7) is 6.95. The van der Waals surface area contributed by atoms with Crippen molar-refractivity contribution in [1.82, 2.24) is 19.9 Å². The quantitative estimate of drug-likeness (QED) is 0.644. The van der Waals surface area contributed by atoms with Crippen LogP contribution in [0, 0.1) is 20.8 Å². The molecule has 0 radical (unpaired) electrons. The number of aryl methyl sites for hydroxylation is 4. The first-order chi connectivity index (χ1) is 14.9. The van der Waals surface area contributed by atoms with Crippen LogP contribution in [0.15, 0.2) is 47.5 Å². The van der Waals surface area contributed by atoms with E-state index in [1.807, 2.05) is 19.1 Å². The van der Waals surface area contributed by atoms with Gasteiger partial charge in [0.05, 0.1) is 6.20 Å². The summed E-state index contributed by atoms with van der Waals surface area (Å²) in [5, 5.41) is 6.15. The van der Waals surface area contributed by atoms with Gasteiger partial charge in [-0.2, -0.15) is 0 Å². The van der Waals surface area contributed by atoms with Gasteiger partial charge in [-0.25, -0.2) is 4.98 Å². The maximum atomic E-state index is 13.1. The fraction of sp³-hybridized carbons (Fsp3) is 0.333. The molecule has 0 aliphatic carbocycles. The van der Waals surface area contributed by atoms with E-state index in [9.17, 15) is 9.59 Å². The van der Waals surface area contributed by atoms with Gasteiger partial charge in [0.25, 0.3) is 5.56 Å². The number of carbonyl (C=O) groups is 1. The molecule has 1 aliphatic rings. The third kappa shape index (κ3) is 4.66. The van der Waals surface area contributed by atoms with E-state index < -0.39 is 6.04 Å². The summed E-state index contributed by atoms with van der Waals surface area (Å²) in [6.07, 6.45) is 4.49. The van der Waals surface area contributed by atoms with Crippen molar-refractivity contribution in [3.8, 4) is 0 Å². The van der Waals surface area contributed by atoms with Gasteiger partial charge in [0, 0.05) is 31.4 Å². The minimum atomic E-state index is -0.541. The monoisotopic (exact) mass is 417 g/mol. The molecular formula is C24H27N5O2. The Kier molecular flexibility index (Phi) is 5.84. The average Bonchev–Trinajstić information content (AvgIpc) is 3.16. The summed E-state index contributed by atoms with van der Waals surface area (Å²) in [6, 6.07) is 9.57. The summed E-state index contributed by atoms with van der Waals surface area (Å²) in [5.41, 5.74) is 5.55. The van der Waals surface area contributed by atoms with E-state index in [0.29, 0.717) is 37.4 Å². The van der Waals surface area contributed by atoms with Crippen LogP contribution in [-0.4, -0.2) is 20.4 Å². The number of benzene rings is 1. The maximum Gasteiger partial charge on any atom is 0.277 e. The topological polar surface area (TPSA) is 88.9 Å². The molecular weight excluding hydrogens is 390 g/mol. The Morgan fingerprint density at radius 3 is 2.58 bits per heavy atom. The number of fused-ring (bicyclic) bond motifs is 1. The Bertz CT molecular complexity index is 1160. The number of nitrogens with one attached hydrogen (secondary N) is 2. The first-order valence-corrected chi connectivity index (χ1v) is 10.5. The highest BCUT2D eigenvalue weighted by atomic mass is 16.2. The Morgan fingerprint density at radius 1 is 1.06 bits per heavy atom. The van der Waals surface area contributed by atoms with Crippen molar-refractivity contribution < 1.29 is 4.79 Å². The Balaban J connectivity index is 1.48. The molecule has 3 heterocycles. The number of aromatic nitrogens is 3. The standard InChI is InChI=1S/C24H27N5O2/c1-15-8-16(2)10-19(9-15)13-26-20-14-27-22-5-4-21(29(22)24(20)31)23(30)28-12-18-6-7-25-17(3)11-18/h6-11,14,21,26H,4-5,12-13H2,1-3H3,(H,28,30)/t21-/m0/s1. The third-order valence-corrected chi connectivity index (χ3v) is 5.52. The predicted molar refractivity (Wildman–Crippen MR) is 120 cm³/mol. The molecule has 3 aromatic rings. The van der Waals surface area contributed by atoms with E-state index >= 15 is 0 Å². The number of nitrogens with zero attached hydrogens (tertiary/aromatic N) is 3. The fourth-order valence-electron chi connectivity index (χ4n) is 4.16. The molecule has 0 saturated carbocycles. The normalized spacial score (nSPS) is 14.9. The van der Waals surface area contributed by atoms with E-state index in [-0.39, 0.29) is 11.5 Å². The van der Waals surface area contributed by atoms with Crippen molar-refractivity contribution >= 4 is 11.6 Å². The molecule has 7 heteroatoms. The lowest BCUT2D eigenvalue weighted by Crippen LogP contribution is -2.36. The predicted octanol–water partition coefficient (Wildman–Crippen LogP) is 2.98. The second-order valence-corrected chi connectivity index (χ2v) is 8.19. The Morgan fingerprint density at radius 2 is 1.84 bits per heavy atom. The van der Waals surface area contributed by atoms with Gasteiger partial charge >= 0.3 is 0 Å². The number of amides is 1. The van der Waals surface area contributed by atoms with Crippen LogP contribution in [0.5, 0.6) is 0 Å². The lowest BCUT2D eigenvalue weighted by molar-refractivity contribution is -0.124. The number of hydrogen-bond acceptors (Lipinski definition) is 5. The molecule has 0 spiro atoms. The van der Waals surface area contributed by atoms with E-state index in [4.69, 9.17) is 0 Å². The molecule has 4 rings (SSSR count). The van der Waals surface area contributed by atoms with Gasteiger partial charge in [0.2, 0.25) is 5.91 Å². The van der Waals surface area contributed by atoms with E-state index in [2.05, 4.69) is 52.6 Å². The van der Waals surface area contributed by atoms with Crippen LogP contribution in [0.25, 0.3) is 0 Å². The molecule has 0 saturated heterocycles. The largest absolute Gasteiger partial charge is 0.375 e. The zero-order valence-corrected chi connectivity index (χ0v) is 18.1. The van der Waals surface area contributed by atoms with Crippen LogP contribution in [0.4, 0.5) is 5.69 Å². The third-order valence-electron chi connectivity index (χ3n) is 5.52. The molecule has 31 heavy (non-hydrogen) atoms. The molecule has 0 bridgehead atoms. The van der Waals surface area contributed by atoms with Gasteiger partial charge < -0.3 is 10.6 Å². The molecule has 160 valence electrons. The summed E-state index contributed by atoms with van der Waals surface area (Å²) < 4.78 is 1.54. The number of hydrogen-bond donors (Lipinski definition) is 2. The summed E-state index contributed by atoms with van der Waals surface area (Å²) in [5.74, 6) is 0.491.